The molecular formula is C49H32S. The summed E-state index contributed by atoms with van der Waals surface area (Å²) in [5, 5.41) is 13.2. The Morgan fingerprint density at radius 2 is 0.940 bits per heavy atom. The van der Waals surface area contributed by atoms with E-state index in [1.54, 1.807) is 0 Å². The molecule has 0 saturated heterocycles. The molecule has 0 bridgehead atoms. The van der Waals surface area contributed by atoms with Gasteiger partial charge in [0.2, 0.25) is 0 Å². The van der Waals surface area contributed by atoms with Crippen molar-refractivity contribution in [2.45, 2.75) is 19.3 Å². The molecule has 0 saturated carbocycles. The van der Waals surface area contributed by atoms with Gasteiger partial charge in [-0.15, -0.1) is 11.3 Å². The molecule has 1 heteroatoms. The smallest absolute Gasteiger partial charge is 0.0362 e. The van der Waals surface area contributed by atoms with Crippen LogP contribution in [0.2, 0.25) is 0 Å². The van der Waals surface area contributed by atoms with Gasteiger partial charge < -0.3 is 0 Å². The zero-order valence-corrected chi connectivity index (χ0v) is 28.7. The largest absolute Gasteiger partial charge is 0.135 e. The topological polar surface area (TPSA) is 0 Å². The molecule has 0 aliphatic heterocycles. The average Bonchev–Trinajstić information content (AvgIpc) is 3.65. The van der Waals surface area contributed by atoms with Crippen molar-refractivity contribution in [3.8, 4) is 33.4 Å². The normalized spacial score (nSPS) is 13.6. The SMILES string of the molecule is CC1(C)c2cc(-c3c4ccccc4c(-c4ccc5ccccc5c4)c4ccccc34)ccc2-c2c1ccc1ccc3sc4ccccc4c3c21. The van der Waals surface area contributed by atoms with Crippen LogP contribution in [0.25, 0.3) is 96.6 Å². The summed E-state index contributed by atoms with van der Waals surface area (Å²) in [7, 11) is 0. The highest BCUT2D eigenvalue weighted by Crippen LogP contribution is 2.55. The molecule has 0 amide bonds. The highest BCUT2D eigenvalue weighted by atomic mass is 32.1. The summed E-state index contributed by atoms with van der Waals surface area (Å²) in [6, 6.07) is 59.2. The third kappa shape index (κ3) is 3.76. The van der Waals surface area contributed by atoms with Gasteiger partial charge in [-0.25, -0.2) is 0 Å². The van der Waals surface area contributed by atoms with Crippen LogP contribution >= 0.6 is 11.3 Å². The molecule has 10 aromatic rings. The standard InChI is InChI=1S/C49H32S/c1-49(2)40-25-22-30-23-26-43-48(39-17-9-10-18-42(39)50-43)46(30)47(40)38-24-21-33(28-41(38)49)45-36-15-7-5-13-34(36)44(35-14-6-8-16-37(35)45)32-20-19-29-11-3-4-12-31(29)27-32/h3-28H,1-2H3. The van der Waals surface area contributed by atoms with E-state index in [1.807, 2.05) is 11.3 Å². The van der Waals surface area contributed by atoms with E-state index >= 15 is 0 Å². The van der Waals surface area contributed by atoms with E-state index in [0.717, 1.165) is 0 Å². The van der Waals surface area contributed by atoms with Gasteiger partial charge in [-0.3, -0.25) is 0 Å². The van der Waals surface area contributed by atoms with Gasteiger partial charge in [0.1, 0.15) is 0 Å². The Kier molecular flexibility index (Phi) is 5.70. The van der Waals surface area contributed by atoms with Gasteiger partial charge in [-0.2, -0.15) is 0 Å². The van der Waals surface area contributed by atoms with Gasteiger partial charge in [0, 0.05) is 25.6 Å². The summed E-state index contributed by atoms with van der Waals surface area (Å²) in [4.78, 5) is 0. The minimum atomic E-state index is -0.139. The molecule has 0 spiro atoms. The van der Waals surface area contributed by atoms with Crippen LogP contribution in [0, 0.1) is 0 Å². The fourth-order valence-corrected chi connectivity index (χ4v) is 10.2. The molecule has 11 rings (SSSR count). The third-order valence-electron chi connectivity index (χ3n) is 11.4. The maximum atomic E-state index is 2.51. The fraction of sp³-hybridized carbons (Fsp3) is 0.0612. The second kappa shape index (κ2) is 10.1. The minimum absolute atomic E-state index is 0.139. The third-order valence-corrected chi connectivity index (χ3v) is 12.6. The molecule has 1 aromatic heterocycles. The van der Waals surface area contributed by atoms with Crippen LogP contribution in [0.4, 0.5) is 0 Å². The Labute approximate surface area is 294 Å². The predicted octanol–water partition coefficient (Wildman–Crippen LogP) is 14.3. The molecule has 234 valence electrons. The fourth-order valence-electron chi connectivity index (χ4n) is 9.11. The van der Waals surface area contributed by atoms with Crippen molar-refractivity contribution in [1.29, 1.82) is 0 Å². The lowest BCUT2D eigenvalue weighted by atomic mass is 9.80. The van der Waals surface area contributed by atoms with Gasteiger partial charge in [0.15, 0.2) is 0 Å². The lowest BCUT2D eigenvalue weighted by Crippen LogP contribution is -2.15. The Bertz CT molecular complexity index is 3010. The Hall–Kier alpha value is -5.76. The summed E-state index contributed by atoms with van der Waals surface area (Å²) in [6.07, 6.45) is 0. The minimum Gasteiger partial charge on any atom is -0.135 e. The number of rotatable bonds is 2. The van der Waals surface area contributed by atoms with Crippen molar-refractivity contribution in [1.82, 2.24) is 0 Å². The summed E-state index contributed by atoms with van der Waals surface area (Å²) >= 11 is 1.90. The maximum Gasteiger partial charge on any atom is 0.0362 e. The van der Waals surface area contributed by atoms with E-state index in [1.165, 1.54) is 108 Å². The van der Waals surface area contributed by atoms with Gasteiger partial charge in [-0.1, -0.05) is 147 Å². The Morgan fingerprint density at radius 3 is 1.66 bits per heavy atom. The molecule has 0 fully saturated rings. The first-order valence-electron chi connectivity index (χ1n) is 17.5. The second-order valence-corrected chi connectivity index (χ2v) is 15.5. The molecule has 0 atom stereocenters. The quantitative estimate of drug-likeness (QED) is 0.163. The molecule has 1 heterocycles. The molecule has 0 N–H and O–H groups in total. The molecule has 0 nitrogen and oxygen atoms in total. The Balaban J connectivity index is 1.19. The van der Waals surface area contributed by atoms with Crippen molar-refractivity contribution in [2.75, 3.05) is 0 Å². The van der Waals surface area contributed by atoms with E-state index in [4.69, 9.17) is 0 Å². The number of fused-ring (bicyclic) bond motifs is 12. The maximum absolute atomic E-state index is 2.51. The first-order chi connectivity index (χ1) is 24.6. The highest BCUT2D eigenvalue weighted by molar-refractivity contribution is 7.26. The van der Waals surface area contributed by atoms with E-state index in [2.05, 4.69) is 172 Å². The zero-order chi connectivity index (χ0) is 33.1. The Morgan fingerprint density at radius 1 is 0.380 bits per heavy atom. The van der Waals surface area contributed by atoms with Crippen molar-refractivity contribution >= 4 is 74.6 Å². The van der Waals surface area contributed by atoms with Gasteiger partial charge in [0.25, 0.3) is 0 Å². The highest BCUT2D eigenvalue weighted by Gasteiger charge is 2.37. The van der Waals surface area contributed by atoms with E-state index in [9.17, 15) is 0 Å². The summed E-state index contributed by atoms with van der Waals surface area (Å²) in [6.45, 7) is 4.83. The number of hydrogen-bond donors (Lipinski definition) is 0. The molecule has 50 heavy (non-hydrogen) atoms. The van der Waals surface area contributed by atoms with Crippen LogP contribution in [-0.2, 0) is 5.41 Å². The number of hydrogen-bond acceptors (Lipinski definition) is 1. The van der Waals surface area contributed by atoms with Crippen LogP contribution < -0.4 is 0 Å². The van der Waals surface area contributed by atoms with Crippen LogP contribution in [0.1, 0.15) is 25.0 Å². The first-order valence-corrected chi connectivity index (χ1v) is 18.3. The monoisotopic (exact) mass is 652 g/mol. The lowest BCUT2D eigenvalue weighted by molar-refractivity contribution is 0.661. The van der Waals surface area contributed by atoms with Crippen molar-refractivity contribution in [3.63, 3.8) is 0 Å². The van der Waals surface area contributed by atoms with Crippen LogP contribution in [0.3, 0.4) is 0 Å². The van der Waals surface area contributed by atoms with Crippen molar-refractivity contribution < 1.29 is 0 Å². The second-order valence-electron chi connectivity index (χ2n) is 14.4. The summed E-state index contributed by atoms with van der Waals surface area (Å²) < 4.78 is 2.71. The predicted molar refractivity (Wildman–Crippen MR) is 218 cm³/mol. The molecule has 0 unspecified atom stereocenters. The van der Waals surface area contributed by atoms with E-state index < -0.39 is 0 Å². The molecule has 0 radical (unpaired) electrons. The van der Waals surface area contributed by atoms with Crippen molar-refractivity contribution in [2.24, 2.45) is 0 Å². The van der Waals surface area contributed by atoms with Crippen molar-refractivity contribution in [3.05, 3.63) is 169 Å². The molecule has 1 aliphatic carbocycles. The van der Waals surface area contributed by atoms with E-state index in [0.29, 0.717) is 0 Å². The number of thiophene rings is 1. The van der Waals surface area contributed by atoms with Gasteiger partial charge >= 0.3 is 0 Å². The molecular weight excluding hydrogens is 621 g/mol. The van der Waals surface area contributed by atoms with Gasteiger partial charge in [-0.05, 0) is 112 Å². The van der Waals surface area contributed by atoms with Crippen LogP contribution in [-0.4, -0.2) is 0 Å². The zero-order valence-electron chi connectivity index (χ0n) is 27.9. The number of benzene rings is 9. The van der Waals surface area contributed by atoms with Crippen LogP contribution in [0.15, 0.2) is 158 Å². The molecule has 1 aliphatic rings. The summed E-state index contributed by atoms with van der Waals surface area (Å²) in [5.41, 5.74) is 10.6. The molecule has 9 aromatic carbocycles. The van der Waals surface area contributed by atoms with Gasteiger partial charge in [0.05, 0.1) is 0 Å². The van der Waals surface area contributed by atoms with Crippen LogP contribution in [0.5, 0.6) is 0 Å². The summed E-state index contributed by atoms with van der Waals surface area (Å²) in [5.74, 6) is 0. The van der Waals surface area contributed by atoms with E-state index in [-0.39, 0.29) is 5.41 Å². The first kappa shape index (κ1) is 28.1. The lowest BCUT2D eigenvalue weighted by Gasteiger charge is -2.23. The average molecular weight is 653 g/mol.